The fraction of sp³-hybridized carbons (Fsp3) is 0.522. The van der Waals surface area contributed by atoms with Gasteiger partial charge < -0.3 is 15.0 Å². The summed E-state index contributed by atoms with van der Waals surface area (Å²) in [5.41, 5.74) is 1.05. The summed E-state index contributed by atoms with van der Waals surface area (Å²) in [6.07, 6.45) is 3.35. The van der Waals surface area contributed by atoms with E-state index in [9.17, 15) is 4.79 Å². The second-order valence-electron chi connectivity index (χ2n) is 7.18. The van der Waals surface area contributed by atoms with Crippen molar-refractivity contribution in [3.63, 3.8) is 0 Å². The van der Waals surface area contributed by atoms with Crippen molar-refractivity contribution < 1.29 is 9.53 Å². The van der Waals surface area contributed by atoms with Gasteiger partial charge in [0.25, 0.3) is 0 Å². The largest absolute Gasteiger partial charge is 0.497 e. The van der Waals surface area contributed by atoms with Gasteiger partial charge in [-0.15, -0.1) is 0 Å². The number of rotatable bonds is 11. The molecule has 4 nitrogen and oxygen atoms in total. The Kier molecular flexibility index (Phi) is 8.59. The summed E-state index contributed by atoms with van der Waals surface area (Å²) in [6.45, 7) is 10.5. The summed E-state index contributed by atoms with van der Waals surface area (Å²) >= 11 is 0. The van der Waals surface area contributed by atoms with E-state index in [2.05, 4.69) is 36.2 Å². The normalized spacial score (nSPS) is 12.3. The molecule has 0 bridgehead atoms. The van der Waals surface area contributed by atoms with Gasteiger partial charge >= 0.3 is 0 Å². The number of hydrogen-bond acceptors (Lipinski definition) is 3. The Morgan fingerprint density at radius 2 is 1.70 bits per heavy atom. The van der Waals surface area contributed by atoms with Crippen molar-refractivity contribution in [2.45, 2.75) is 46.0 Å². The third kappa shape index (κ3) is 6.24. The lowest BCUT2D eigenvalue weighted by molar-refractivity contribution is -0.122. The Hall–Kier alpha value is -2.07. The number of hydrogen-bond donors (Lipinski definition) is 1. The molecule has 1 amide bonds. The van der Waals surface area contributed by atoms with Crippen LogP contribution < -0.4 is 10.1 Å². The molecule has 2 aromatic carbocycles. The number of benzene rings is 2. The zero-order chi connectivity index (χ0) is 19.6. The van der Waals surface area contributed by atoms with Crippen LogP contribution in [0.15, 0.2) is 36.4 Å². The Morgan fingerprint density at radius 3 is 2.37 bits per heavy atom. The molecule has 0 aliphatic rings. The standard InChI is InChI=1S/C23H34N2O2/c1-5-13-25(14-6-2)15-7-12-24-23(26)18(3)19-8-9-21-17-22(27-4)11-10-20(21)16-19/h8-11,16-18H,5-7,12-15H2,1-4H3,(H,24,26). The lowest BCUT2D eigenvalue weighted by atomic mass is 9.97. The van der Waals surface area contributed by atoms with Crippen molar-refractivity contribution in [1.29, 1.82) is 0 Å². The minimum atomic E-state index is -0.154. The van der Waals surface area contributed by atoms with E-state index in [1.165, 1.54) is 12.8 Å². The van der Waals surface area contributed by atoms with E-state index in [0.29, 0.717) is 0 Å². The van der Waals surface area contributed by atoms with E-state index in [0.717, 1.165) is 54.7 Å². The predicted octanol–water partition coefficient (Wildman–Crippen LogP) is 4.58. The molecule has 1 atom stereocenters. The molecule has 2 rings (SSSR count). The van der Waals surface area contributed by atoms with E-state index in [-0.39, 0.29) is 11.8 Å². The minimum Gasteiger partial charge on any atom is -0.497 e. The maximum absolute atomic E-state index is 12.5. The maximum Gasteiger partial charge on any atom is 0.227 e. The molecule has 0 aromatic heterocycles. The monoisotopic (exact) mass is 370 g/mol. The summed E-state index contributed by atoms with van der Waals surface area (Å²) < 4.78 is 5.27. The summed E-state index contributed by atoms with van der Waals surface area (Å²) in [6, 6.07) is 12.2. The molecule has 2 aromatic rings. The number of carbonyl (C=O) groups is 1. The number of fused-ring (bicyclic) bond motifs is 1. The van der Waals surface area contributed by atoms with E-state index in [1.807, 2.05) is 31.2 Å². The Labute approximate surface area is 163 Å². The minimum absolute atomic E-state index is 0.0976. The van der Waals surface area contributed by atoms with Gasteiger partial charge in [0.1, 0.15) is 5.75 Å². The number of methoxy groups -OCH3 is 1. The zero-order valence-electron chi connectivity index (χ0n) is 17.3. The number of carbonyl (C=O) groups excluding carboxylic acids is 1. The highest BCUT2D eigenvalue weighted by atomic mass is 16.5. The molecule has 148 valence electrons. The van der Waals surface area contributed by atoms with Gasteiger partial charge in [-0.2, -0.15) is 0 Å². The van der Waals surface area contributed by atoms with Gasteiger partial charge in [-0.25, -0.2) is 0 Å². The average molecular weight is 371 g/mol. The molecule has 1 N–H and O–H groups in total. The van der Waals surface area contributed by atoms with Crippen molar-refractivity contribution in [3.8, 4) is 5.75 Å². The molecule has 1 unspecified atom stereocenters. The van der Waals surface area contributed by atoms with Crippen molar-refractivity contribution in [2.75, 3.05) is 33.3 Å². The van der Waals surface area contributed by atoms with Crippen LogP contribution in [0, 0.1) is 0 Å². The van der Waals surface area contributed by atoms with Crippen LogP contribution in [0.5, 0.6) is 5.75 Å². The fourth-order valence-corrected chi connectivity index (χ4v) is 3.43. The van der Waals surface area contributed by atoms with Crippen LogP contribution in [-0.4, -0.2) is 44.1 Å². The van der Waals surface area contributed by atoms with Crippen molar-refractivity contribution in [3.05, 3.63) is 42.0 Å². The summed E-state index contributed by atoms with van der Waals surface area (Å²) in [4.78, 5) is 15.0. The van der Waals surface area contributed by atoms with Crippen LogP contribution in [0.3, 0.4) is 0 Å². The molecule has 0 aliphatic carbocycles. The highest BCUT2D eigenvalue weighted by Crippen LogP contribution is 2.25. The smallest absolute Gasteiger partial charge is 0.227 e. The Bertz CT molecular complexity index is 723. The van der Waals surface area contributed by atoms with E-state index >= 15 is 0 Å². The van der Waals surface area contributed by atoms with Crippen LogP contribution >= 0.6 is 0 Å². The molecule has 0 radical (unpaired) electrons. The predicted molar refractivity (Wildman–Crippen MR) is 114 cm³/mol. The van der Waals surface area contributed by atoms with Gasteiger partial charge in [-0.1, -0.05) is 38.1 Å². The first kappa shape index (κ1) is 21.2. The fourth-order valence-electron chi connectivity index (χ4n) is 3.43. The Balaban J connectivity index is 1.88. The van der Waals surface area contributed by atoms with Gasteiger partial charge in [0.2, 0.25) is 5.91 Å². The summed E-state index contributed by atoms with van der Waals surface area (Å²) in [5.74, 6) is 0.792. The van der Waals surface area contributed by atoms with Crippen LogP contribution in [0.2, 0.25) is 0 Å². The highest BCUT2D eigenvalue weighted by molar-refractivity contribution is 5.88. The van der Waals surface area contributed by atoms with Crippen LogP contribution in [0.4, 0.5) is 0 Å². The number of nitrogens with one attached hydrogen (secondary N) is 1. The molecule has 27 heavy (non-hydrogen) atoms. The van der Waals surface area contributed by atoms with Crippen LogP contribution in [-0.2, 0) is 4.79 Å². The van der Waals surface area contributed by atoms with Gasteiger partial charge in [0.15, 0.2) is 0 Å². The first-order chi connectivity index (χ1) is 13.1. The lowest BCUT2D eigenvalue weighted by Gasteiger charge is -2.21. The third-order valence-electron chi connectivity index (χ3n) is 4.99. The maximum atomic E-state index is 12.5. The molecular weight excluding hydrogens is 336 g/mol. The van der Waals surface area contributed by atoms with Crippen LogP contribution in [0.25, 0.3) is 10.8 Å². The highest BCUT2D eigenvalue weighted by Gasteiger charge is 2.15. The average Bonchev–Trinajstić information content (AvgIpc) is 2.69. The molecule has 0 aliphatic heterocycles. The second kappa shape index (κ2) is 10.9. The van der Waals surface area contributed by atoms with Gasteiger partial charge in [-0.05, 0) is 74.3 Å². The molecule has 0 heterocycles. The first-order valence-electron chi connectivity index (χ1n) is 10.2. The topological polar surface area (TPSA) is 41.6 Å². The van der Waals surface area contributed by atoms with Crippen molar-refractivity contribution in [2.24, 2.45) is 0 Å². The molecule has 4 heteroatoms. The second-order valence-corrected chi connectivity index (χ2v) is 7.18. The number of amides is 1. The first-order valence-corrected chi connectivity index (χ1v) is 10.2. The number of nitrogens with zero attached hydrogens (tertiary/aromatic N) is 1. The van der Waals surface area contributed by atoms with E-state index in [1.54, 1.807) is 7.11 Å². The quantitative estimate of drug-likeness (QED) is 0.589. The SMILES string of the molecule is CCCN(CCC)CCCNC(=O)C(C)c1ccc2cc(OC)ccc2c1. The van der Waals surface area contributed by atoms with E-state index in [4.69, 9.17) is 4.74 Å². The molecular formula is C23H34N2O2. The van der Waals surface area contributed by atoms with Gasteiger partial charge in [0, 0.05) is 6.54 Å². The van der Waals surface area contributed by atoms with Crippen molar-refractivity contribution >= 4 is 16.7 Å². The molecule has 0 spiro atoms. The lowest BCUT2D eigenvalue weighted by Crippen LogP contribution is -2.32. The molecule has 0 fully saturated rings. The van der Waals surface area contributed by atoms with Gasteiger partial charge in [-0.3, -0.25) is 4.79 Å². The third-order valence-corrected chi connectivity index (χ3v) is 4.99. The van der Waals surface area contributed by atoms with Crippen molar-refractivity contribution in [1.82, 2.24) is 10.2 Å². The molecule has 0 saturated heterocycles. The van der Waals surface area contributed by atoms with Crippen LogP contribution in [0.1, 0.15) is 51.5 Å². The molecule has 0 saturated carbocycles. The summed E-state index contributed by atoms with van der Waals surface area (Å²) in [7, 11) is 1.67. The summed E-state index contributed by atoms with van der Waals surface area (Å²) in [5, 5.41) is 5.35. The van der Waals surface area contributed by atoms with Gasteiger partial charge in [0.05, 0.1) is 13.0 Å². The zero-order valence-corrected chi connectivity index (χ0v) is 17.3. The van der Waals surface area contributed by atoms with E-state index < -0.39 is 0 Å². The Morgan fingerprint density at radius 1 is 1.04 bits per heavy atom. The number of ether oxygens (including phenoxy) is 1.